The molecule has 0 spiro atoms. The summed E-state index contributed by atoms with van der Waals surface area (Å²) < 4.78 is 1.56. The van der Waals surface area contributed by atoms with E-state index in [1.165, 1.54) is 5.56 Å². The van der Waals surface area contributed by atoms with Crippen LogP contribution in [0.15, 0.2) is 65.6 Å². The van der Waals surface area contributed by atoms with Crippen molar-refractivity contribution in [3.63, 3.8) is 0 Å². The SMILES string of the molecule is CNCCC(C)NC(=O)c1ccc(-c2cc3cn(-c4ccc(CN(CCCN)CCCN)cc4)c(=O)nc3[nH]2)cc1. The number of amides is 1. The van der Waals surface area contributed by atoms with Gasteiger partial charge in [-0.2, -0.15) is 4.98 Å². The van der Waals surface area contributed by atoms with Crippen LogP contribution >= 0.6 is 0 Å². The molecule has 4 aromatic rings. The maximum atomic E-state index is 12.9. The van der Waals surface area contributed by atoms with Gasteiger partial charge in [0.15, 0.2) is 0 Å². The van der Waals surface area contributed by atoms with Crippen LogP contribution in [0.5, 0.6) is 0 Å². The molecule has 0 aliphatic heterocycles. The van der Waals surface area contributed by atoms with Crippen molar-refractivity contribution in [2.75, 3.05) is 39.8 Å². The van der Waals surface area contributed by atoms with E-state index in [-0.39, 0.29) is 17.6 Å². The van der Waals surface area contributed by atoms with Gasteiger partial charge in [0.1, 0.15) is 5.65 Å². The molecule has 2 heterocycles. The van der Waals surface area contributed by atoms with Crippen molar-refractivity contribution in [2.45, 2.75) is 38.8 Å². The first-order valence-corrected chi connectivity index (χ1v) is 14.3. The highest BCUT2D eigenvalue weighted by Gasteiger charge is 2.13. The standard InChI is InChI=1S/C31H42N8O2/c1-22(13-16-34-2)35-30(40)25-9-7-24(8-10-25)28-19-26-21-39(31(41)37-29(26)36-28)27-11-5-23(6-12-27)20-38(17-3-14-32)18-4-15-33/h5-12,19,21-22,34H,3-4,13-18,20,32-33H2,1-2H3,(H,35,40)(H,36,37,41). The Balaban J connectivity index is 1.48. The number of aromatic amines is 1. The molecule has 10 nitrogen and oxygen atoms in total. The van der Waals surface area contributed by atoms with Gasteiger partial charge < -0.3 is 27.1 Å². The fraction of sp³-hybridized carbons (Fsp3) is 0.387. The Morgan fingerprint density at radius 2 is 1.73 bits per heavy atom. The minimum Gasteiger partial charge on any atom is -0.350 e. The molecule has 41 heavy (non-hydrogen) atoms. The molecule has 10 heteroatoms. The van der Waals surface area contributed by atoms with Crippen LogP contribution in [-0.2, 0) is 6.54 Å². The number of carbonyl (C=O) groups excluding carboxylic acids is 1. The van der Waals surface area contributed by atoms with E-state index in [2.05, 4.69) is 25.5 Å². The third-order valence-corrected chi connectivity index (χ3v) is 7.15. The lowest BCUT2D eigenvalue weighted by Crippen LogP contribution is -2.34. The van der Waals surface area contributed by atoms with Crippen molar-refractivity contribution in [3.05, 3.63) is 82.4 Å². The zero-order chi connectivity index (χ0) is 29.2. The third-order valence-electron chi connectivity index (χ3n) is 7.15. The number of nitrogens with one attached hydrogen (secondary N) is 3. The first-order valence-electron chi connectivity index (χ1n) is 14.3. The van der Waals surface area contributed by atoms with E-state index in [1.54, 1.807) is 4.57 Å². The van der Waals surface area contributed by atoms with E-state index in [0.29, 0.717) is 24.3 Å². The van der Waals surface area contributed by atoms with E-state index in [0.717, 1.165) is 67.8 Å². The van der Waals surface area contributed by atoms with Crippen LogP contribution in [0.4, 0.5) is 0 Å². The first-order chi connectivity index (χ1) is 19.9. The number of aromatic nitrogens is 3. The van der Waals surface area contributed by atoms with Crippen molar-refractivity contribution < 1.29 is 4.79 Å². The average Bonchev–Trinajstić information content (AvgIpc) is 3.40. The fourth-order valence-corrected chi connectivity index (χ4v) is 4.80. The molecule has 2 aromatic heterocycles. The molecular formula is C31H42N8O2. The van der Waals surface area contributed by atoms with E-state index >= 15 is 0 Å². The smallest absolute Gasteiger partial charge is 0.350 e. The van der Waals surface area contributed by atoms with Gasteiger partial charge in [0, 0.05) is 35.4 Å². The summed E-state index contributed by atoms with van der Waals surface area (Å²) in [5, 5.41) is 6.94. The lowest BCUT2D eigenvalue weighted by molar-refractivity contribution is 0.0938. The van der Waals surface area contributed by atoms with Crippen molar-refractivity contribution in [2.24, 2.45) is 11.5 Å². The quantitative estimate of drug-likeness (QED) is 0.151. The van der Waals surface area contributed by atoms with Gasteiger partial charge in [-0.05, 0) is 107 Å². The molecule has 1 unspecified atom stereocenters. The van der Waals surface area contributed by atoms with Gasteiger partial charge in [-0.15, -0.1) is 0 Å². The van der Waals surface area contributed by atoms with Gasteiger partial charge >= 0.3 is 5.69 Å². The van der Waals surface area contributed by atoms with Gasteiger partial charge in [0.2, 0.25) is 0 Å². The maximum Gasteiger partial charge on any atom is 0.354 e. The maximum absolute atomic E-state index is 12.9. The second-order valence-electron chi connectivity index (χ2n) is 10.5. The number of nitrogens with two attached hydrogens (primary N) is 2. The van der Waals surface area contributed by atoms with Crippen LogP contribution in [-0.4, -0.2) is 71.2 Å². The molecule has 0 radical (unpaired) electrons. The van der Waals surface area contributed by atoms with E-state index in [4.69, 9.17) is 11.5 Å². The lowest BCUT2D eigenvalue weighted by Gasteiger charge is -2.22. The van der Waals surface area contributed by atoms with Gasteiger partial charge in [-0.1, -0.05) is 24.3 Å². The van der Waals surface area contributed by atoms with Crippen molar-refractivity contribution in [1.29, 1.82) is 0 Å². The summed E-state index contributed by atoms with van der Waals surface area (Å²) in [6.45, 7) is 6.83. The Morgan fingerprint density at radius 3 is 2.37 bits per heavy atom. The summed E-state index contributed by atoms with van der Waals surface area (Å²) >= 11 is 0. The van der Waals surface area contributed by atoms with E-state index in [9.17, 15) is 9.59 Å². The van der Waals surface area contributed by atoms with Crippen LogP contribution in [0.1, 0.15) is 42.1 Å². The van der Waals surface area contributed by atoms with Gasteiger partial charge in [0.05, 0.1) is 5.69 Å². The number of hydrogen-bond acceptors (Lipinski definition) is 7. The molecule has 0 fully saturated rings. The summed E-state index contributed by atoms with van der Waals surface area (Å²) in [7, 11) is 1.90. The first kappa shape index (κ1) is 30.1. The highest BCUT2D eigenvalue weighted by atomic mass is 16.2. The van der Waals surface area contributed by atoms with Gasteiger partial charge in [-0.3, -0.25) is 14.3 Å². The van der Waals surface area contributed by atoms with Crippen molar-refractivity contribution in [3.8, 4) is 16.9 Å². The summed E-state index contributed by atoms with van der Waals surface area (Å²) in [5.74, 6) is -0.0969. The van der Waals surface area contributed by atoms with Crippen LogP contribution < -0.4 is 27.8 Å². The monoisotopic (exact) mass is 558 g/mol. The number of nitrogens with zero attached hydrogens (tertiary/aromatic N) is 3. The van der Waals surface area contributed by atoms with Crippen LogP contribution in [0.2, 0.25) is 0 Å². The molecule has 0 bridgehead atoms. The predicted octanol–water partition coefficient (Wildman–Crippen LogP) is 2.61. The number of hydrogen-bond donors (Lipinski definition) is 5. The van der Waals surface area contributed by atoms with Crippen molar-refractivity contribution in [1.82, 2.24) is 30.1 Å². The Labute approximate surface area is 241 Å². The molecule has 0 aliphatic carbocycles. The zero-order valence-electron chi connectivity index (χ0n) is 24.0. The number of fused-ring (bicyclic) bond motifs is 1. The number of H-pyrrole nitrogens is 1. The number of benzene rings is 2. The van der Waals surface area contributed by atoms with Crippen LogP contribution in [0.25, 0.3) is 28.0 Å². The lowest BCUT2D eigenvalue weighted by atomic mass is 10.1. The van der Waals surface area contributed by atoms with Crippen molar-refractivity contribution >= 4 is 16.9 Å². The Hall–Kier alpha value is -3.83. The largest absolute Gasteiger partial charge is 0.354 e. The third kappa shape index (κ3) is 8.11. The Morgan fingerprint density at radius 1 is 1.05 bits per heavy atom. The fourth-order valence-electron chi connectivity index (χ4n) is 4.80. The second kappa shape index (κ2) is 14.7. The summed E-state index contributed by atoms with van der Waals surface area (Å²) in [5.41, 5.74) is 15.8. The number of carbonyl (C=O) groups is 1. The molecule has 0 aliphatic rings. The van der Waals surface area contributed by atoms with Gasteiger partial charge in [0.25, 0.3) is 5.91 Å². The minimum atomic E-state index is -0.356. The summed E-state index contributed by atoms with van der Waals surface area (Å²) in [6, 6.07) is 17.4. The topological polar surface area (TPSA) is 147 Å². The Kier molecular flexibility index (Phi) is 10.8. The van der Waals surface area contributed by atoms with Gasteiger partial charge in [-0.25, -0.2) is 4.79 Å². The average molecular weight is 559 g/mol. The minimum absolute atomic E-state index is 0.0796. The molecule has 1 atom stereocenters. The molecule has 0 saturated carbocycles. The molecule has 1 amide bonds. The normalized spacial score (nSPS) is 12.2. The molecule has 7 N–H and O–H groups in total. The second-order valence-corrected chi connectivity index (χ2v) is 10.5. The molecule has 2 aromatic carbocycles. The highest BCUT2D eigenvalue weighted by molar-refractivity contribution is 5.95. The van der Waals surface area contributed by atoms with E-state index < -0.39 is 0 Å². The molecular weight excluding hydrogens is 516 g/mol. The van der Waals surface area contributed by atoms with Crippen LogP contribution in [0, 0.1) is 0 Å². The van der Waals surface area contributed by atoms with Crippen LogP contribution in [0.3, 0.4) is 0 Å². The highest BCUT2D eigenvalue weighted by Crippen LogP contribution is 2.23. The summed E-state index contributed by atoms with van der Waals surface area (Å²) in [4.78, 5) is 35.4. The molecule has 218 valence electrons. The molecule has 0 saturated heterocycles. The number of rotatable bonds is 15. The summed E-state index contributed by atoms with van der Waals surface area (Å²) in [6.07, 6.45) is 4.55. The zero-order valence-corrected chi connectivity index (χ0v) is 24.0. The van der Waals surface area contributed by atoms with E-state index in [1.807, 2.05) is 74.8 Å². The predicted molar refractivity (Wildman–Crippen MR) is 165 cm³/mol. The molecule has 4 rings (SSSR count). The Bertz CT molecular complexity index is 1450.